The lowest BCUT2D eigenvalue weighted by molar-refractivity contribution is -0.152. The Balaban J connectivity index is 1.23. The molecule has 1 aliphatic heterocycles. The first kappa shape index (κ1) is 22.5. The van der Waals surface area contributed by atoms with Gasteiger partial charge in [0, 0.05) is 31.1 Å². The molecule has 1 saturated heterocycles. The molecule has 2 N–H and O–H groups in total. The number of ether oxygens (including phenoxy) is 2. The average Bonchev–Trinajstić information content (AvgIpc) is 3.10. The number of alkyl carbamates (subject to hydrolysis) is 1. The highest BCUT2D eigenvalue weighted by atomic mass is 16.5. The Labute approximate surface area is 191 Å². The number of aliphatic carboxylic acids is 1. The lowest BCUT2D eigenvalue weighted by Crippen LogP contribution is -2.55. The third-order valence-corrected chi connectivity index (χ3v) is 5.91. The number of likely N-dealkylation sites (tertiary alicyclic amines) is 1. The quantitative estimate of drug-likeness (QED) is 0.600. The van der Waals surface area contributed by atoms with E-state index in [9.17, 15) is 14.4 Å². The molecule has 4 rings (SSSR count). The molecule has 0 spiro atoms. The van der Waals surface area contributed by atoms with Crippen molar-refractivity contribution in [1.29, 1.82) is 0 Å². The van der Waals surface area contributed by atoms with Crippen LogP contribution in [0.1, 0.15) is 24.0 Å². The van der Waals surface area contributed by atoms with Crippen LogP contribution in [0.2, 0.25) is 0 Å². The van der Waals surface area contributed by atoms with Gasteiger partial charge < -0.3 is 24.8 Å². The van der Waals surface area contributed by atoms with Gasteiger partial charge in [0.25, 0.3) is 0 Å². The summed E-state index contributed by atoms with van der Waals surface area (Å²) in [6, 6.07) is 16.3. The number of nitrogens with zero attached hydrogens (tertiary/aromatic N) is 1. The minimum Gasteiger partial charge on any atom is -0.480 e. The van der Waals surface area contributed by atoms with Gasteiger partial charge in [-0.05, 0) is 29.2 Å². The second-order valence-electron chi connectivity index (χ2n) is 8.13. The number of carboxylic acids is 1. The minimum absolute atomic E-state index is 0.00952. The predicted octanol–water partition coefficient (Wildman–Crippen LogP) is 2.78. The van der Waals surface area contributed by atoms with E-state index < -0.39 is 12.1 Å². The smallest absolute Gasteiger partial charge is 0.407 e. The molecule has 33 heavy (non-hydrogen) atoms. The van der Waals surface area contributed by atoms with Crippen molar-refractivity contribution in [3.63, 3.8) is 0 Å². The molecule has 2 aromatic carbocycles. The molecule has 8 heteroatoms. The molecule has 0 aromatic heterocycles. The van der Waals surface area contributed by atoms with Crippen LogP contribution in [0.15, 0.2) is 60.2 Å². The van der Waals surface area contributed by atoms with Crippen molar-refractivity contribution < 1.29 is 29.0 Å². The molecule has 0 atom stereocenters. The van der Waals surface area contributed by atoms with E-state index in [4.69, 9.17) is 14.6 Å². The van der Waals surface area contributed by atoms with Crippen LogP contribution in [0.5, 0.6) is 0 Å². The summed E-state index contributed by atoms with van der Waals surface area (Å²) in [5.74, 6) is -1.21. The number of rotatable bonds is 8. The Hall–Kier alpha value is -3.65. The van der Waals surface area contributed by atoms with E-state index in [0.717, 1.165) is 11.1 Å². The molecule has 1 fully saturated rings. The number of benzene rings is 2. The van der Waals surface area contributed by atoms with Crippen molar-refractivity contribution in [2.75, 3.05) is 32.8 Å². The third kappa shape index (κ3) is 5.06. The molecular weight excluding hydrogens is 424 g/mol. The van der Waals surface area contributed by atoms with E-state index >= 15 is 0 Å². The topological polar surface area (TPSA) is 105 Å². The first-order chi connectivity index (χ1) is 15.9. The first-order valence-electron chi connectivity index (χ1n) is 10.8. The van der Waals surface area contributed by atoms with Crippen LogP contribution < -0.4 is 5.32 Å². The zero-order chi connectivity index (χ0) is 23.4. The van der Waals surface area contributed by atoms with E-state index in [0.29, 0.717) is 18.7 Å². The number of fused-ring (bicyclic) bond motifs is 3. The summed E-state index contributed by atoms with van der Waals surface area (Å²) in [5, 5.41) is 11.3. The predicted molar refractivity (Wildman–Crippen MR) is 121 cm³/mol. The molecule has 2 aliphatic rings. The van der Waals surface area contributed by atoms with E-state index in [2.05, 4.69) is 29.6 Å². The summed E-state index contributed by atoms with van der Waals surface area (Å²) in [5.41, 5.74) is 5.12. The highest BCUT2D eigenvalue weighted by molar-refractivity contribution is 5.93. The summed E-state index contributed by atoms with van der Waals surface area (Å²) in [7, 11) is 0. The number of carboxylic acid groups (broad SMARTS) is 1. The van der Waals surface area contributed by atoms with Gasteiger partial charge in [-0.15, -0.1) is 0 Å². The summed E-state index contributed by atoms with van der Waals surface area (Å²) in [4.78, 5) is 36.7. The van der Waals surface area contributed by atoms with Crippen molar-refractivity contribution in [1.82, 2.24) is 10.2 Å². The molecule has 2 amide bonds. The number of carbonyl (C=O) groups excluding carboxylic acids is 2. The van der Waals surface area contributed by atoms with Crippen LogP contribution in [0.25, 0.3) is 11.1 Å². The van der Waals surface area contributed by atoms with Crippen molar-refractivity contribution in [2.45, 2.75) is 18.9 Å². The van der Waals surface area contributed by atoms with Gasteiger partial charge >= 0.3 is 12.1 Å². The number of nitrogens with one attached hydrogen (secondary N) is 1. The standard InChI is InChI=1S/C25H26N2O6/c1-16(24(30)27-12-17(13-27)32-15-23(28)29)10-11-26-25(31)33-14-22-20-8-4-2-6-18(20)19-7-3-5-9-21(19)22/h2-10,17,22H,11-15H2,1H3,(H,26,31)(H,28,29)/b16-10+. The van der Waals surface area contributed by atoms with Crippen LogP contribution >= 0.6 is 0 Å². The Kier molecular flexibility index (Phi) is 6.74. The Morgan fingerprint density at radius 1 is 1.06 bits per heavy atom. The fourth-order valence-electron chi connectivity index (χ4n) is 4.17. The van der Waals surface area contributed by atoms with E-state index in [1.54, 1.807) is 17.9 Å². The molecule has 0 unspecified atom stereocenters. The molecular formula is C25H26N2O6. The van der Waals surface area contributed by atoms with Crippen molar-refractivity contribution in [3.8, 4) is 11.1 Å². The van der Waals surface area contributed by atoms with Crippen LogP contribution in [0, 0.1) is 0 Å². The summed E-state index contributed by atoms with van der Waals surface area (Å²) >= 11 is 0. The lowest BCUT2D eigenvalue weighted by Gasteiger charge is -2.38. The Morgan fingerprint density at radius 2 is 1.67 bits per heavy atom. The van der Waals surface area contributed by atoms with Gasteiger partial charge in [0.2, 0.25) is 5.91 Å². The molecule has 0 saturated carbocycles. The van der Waals surface area contributed by atoms with Gasteiger partial charge in [0.05, 0.1) is 6.10 Å². The number of carbonyl (C=O) groups is 3. The zero-order valence-corrected chi connectivity index (χ0v) is 18.3. The molecule has 172 valence electrons. The lowest BCUT2D eigenvalue weighted by atomic mass is 9.98. The second kappa shape index (κ2) is 9.87. The van der Waals surface area contributed by atoms with Gasteiger partial charge in [-0.2, -0.15) is 0 Å². The molecule has 1 aliphatic carbocycles. The molecule has 8 nitrogen and oxygen atoms in total. The number of hydrogen-bond donors (Lipinski definition) is 2. The van der Waals surface area contributed by atoms with Gasteiger partial charge in [0.15, 0.2) is 0 Å². The van der Waals surface area contributed by atoms with Crippen molar-refractivity contribution >= 4 is 18.0 Å². The van der Waals surface area contributed by atoms with Crippen molar-refractivity contribution in [3.05, 3.63) is 71.3 Å². The average molecular weight is 450 g/mol. The second-order valence-corrected chi connectivity index (χ2v) is 8.13. The summed E-state index contributed by atoms with van der Waals surface area (Å²) in [6.45, 7) is 2.42. The highest BCUT2D eigenvalue weighted by Crippen LogP contribution is 2.44. The largest absolute Gasteiger partial charge is 0.480 e. The monoisotopic (exact) mass is 450 g/mol. The maximum Gasteiger partial charge on any atom is 0.407 e. The van der Waals surface area contributed by atoms with Crippen LogP contribution in [-0.4, -0.2) is 66.9 Å². The van der Waals surface area contributed by atoms with Crippen LogP contribution in [0.4, 0.5) is 4.79 Å². The first-order valence-corrected chi connectivity index (χ1v) is 10.8. The highest BCUT2D eigenvalue weighted by Gasteiger charge is 2.32. The Morgan fingerprint density at radius 3 is 2.27 bits per heavy atom. The fourth-order valence-corrected chi connectivity index (χ4v) is 4.17. The maximum atomic E-state index is 12.4. The van der Waals surface area contributed by atoms with Crippen LogP contribution in [0.3, 0.4) is 0 Å². The van der Waals surface area contributed by atoms with Gasteiger partial charge in [-0.25, -0.2) is 9.59 Å². The zero-order valence-electron chi connectivity index (χ0n) is 18.3. The summed E-state index contributed by atoms with van der Waals surface area (Å²) in [6.07, 6.45) is 0.839. The molecule has 0 bridgehead atoms. The normalized spacial score (nSPS) is 15.4. The minimum atomic E-state index is -1.03. The number of amides is 2. The Bertz CT molecular complexity index is 1040. The molecule has 1 heterocycles. The van der Waals surface area contributed by atoms with Crippen LogP contribution in [-0.2, 0) is 19.1 Å². The van der Waals surface area contributed by atoms with E-state index in [-0.39, 0.29) is 37.7 Å². The van der Waals surface area contributed by atoms with Gasteiger partial charge in [0.1, 0.15) is 13.2 Å². The molecule has 0 radical (unpaired) electrons. The maximum absolute atomic E-state index is 12.4. The SMILES string of the molecule is C/C(=C\CNC(=O)OCC1c2ccccc2-c2ccccc21)C(=O)N1CC(OCC(=O)O)C1. The van der Waals surface area contributed by atoms with Gasteiger partial charge in [-0.1, -0.05) is 54.6 Å². The van der Waals surface area contributed by atoms with E-state index in [1.807, 2.05) is 24.3 Å². The summed E-state index contributed by atoms with van der Waals surface area (Å²) < 4.78 is 10.6. The third-order valence-electron chi connectivity index (χ3n) is 5.91. The van der Waals surface area contributed by atoms with E-state index in [1.165, 1.54) is 11.1 Å². The van der Waals surface area contributed by atoms with Crippen molar-refractivity contribution in [2.24, 2.45) is 0 Å². The van der Waals surface area contributed by atoms with Gasteiger partial charge in [-0.3, -0.25) is 4.79 Å². The fraction of sp³-hybridized carbons (Fsp3) is 0.320. The molecule has 2 aromatic rings. The number of hydrogen-bond acceptors (Lipinski definition) is 5.